The molecule has 1 aromatic heterocycles. The van der Waals surface area contributed by atoms with E-state index in [4.69, 9.17) is 0 Å². The van der Waals surface area contributed by atoms with Gasteiger partial charge in [-0.3, -0.25) is 0 Å². The quantitative estimate of drug-likeness (QED) is 0.805. The number of methoxy groups -OCH3 is 1. The molecule has 0 fully saturated rings. The van der Waals surface area contributed by atoms with Gasteiger partial charge in [-0.2, -0.15) is 0 Å². The fourth-order valence-electron chi connectivity index (χ4n) is 2.00. The van der Waals surface area contributed by atoms with Crippen LogP contribution in [0, 0.1) is 0 Å². The summed E-state index contributed by atoms with van der Waals surface area (Å²) in [5.74, 6) is -0.338. The Kier molecular flexibility index (Phi) is 5.12. The first-order chi connectivity index (χ1) is 10.0. The molecule has 1 heterocycles. The smallest absolute Gasteiger partial charge is 0.337 e. The highest BCUT2D eigenvalue weighted by Crippen LogP contribution is 2.24. The third kappa shape index (κ3) is 4.14. The van der Waals surface area contributed by atoms with Crippen molar-refractivity contribution in [2.75, 3.05) is 13.7 Å². The Labute approximate surface area is 128 Å². The standard InChI is InChI=1S/C16H19NO3S/c1-16(19,14-4-3-9-21-14)11-17-10-12-5-7-13(8-6-12)15(18)20-2/h3-9,17,19H,10-11H2,1-2H3. The minimum atomic E-state index is -0.875. The van der Waals surface area contributed by atoms with E-state index in [1.165, 1.54) is 7.11 Å². The van der Waals surface area contributed by atoms with Crippen molar-refractivity contribution in [3.63, 3.8) is 0 Å². The number of thiophene rings is 1. The van der Waals surface area contributed by atoms with Crippen LogP contribution in [0.25, 0.3) is 0 Å². The Morgan fingerprint density at radius 3 is 2.62 bits per heavy atom. The van der Waals surface area contributed by atoms with Crippen LogP contribution in [0.5, 0.6) is 0 Å². The van der Waals surface area contributed by atoms with Gasteiger partial charge in [-0.25, -0.2) is 4.79 Å². The van der Waals surface area contributed by atoms with Crippen LogP contribution in [0.2, 0.25) is 0 Å². The normalized spacial score (nSPS) is 13.7. The van der Waals surface area contributed by atoms with E-state index < -0.39 is 5.60 Å². The summed E-state index contributed by atoms with van der Waals surface area (Å²) in [6.07, 6.45) is 0. The largest absolute Gasteiger partial charge is 0.465 e. The molecular weight excluding hydrogens is 286 g/mol. The molecule has 1 atom stereocenters. The summed E-state index contributed by atoms with van der Waals surface area (Å²) in [4.78, 5) is 12.3. The Morgan fingerprint density at radius 2 is 2.05 bits per heavy atom. The number of rotatable bonds is 6. The number of nitrogens with one attached hydrogen (secondary N) is 1. The maximum atomic E-state index is 11.3. The van der Waals surface area contributed by atoms with Crippen molar-refractivity contribution in [3.05, 3.63) is 57.8 Å². The van der Waals surface area contributed by atoms with E-state index in [2.05, 4.69) is 10.1 Å². The highest BCUT2D eigenvalue weighted by molar-refractivity contribution is 7.10. The summed E-state index contributed by atoms with van der Waals surface area (Å²) in [5.41, 5.74) is 0.705. The molecule has 0 spiro atoms. The van der Waals surface area contributed by atoms with E-state index in [0.29, 0.717) is 18.7 Å². The number of benzene rings is 1. The third-order valence-electron chi connectivity index (χ3n) is 3.23. The molecule has 21 heavy (non-hydrogen) atoms. The zero-order valence-corrected chi connectivity index (χ0v) is 12.9. The highest BCUT2D eigenvalue weighted by atomic mass is 32.1. The number of carbonyl (C=O) groups excluding carboxylic acids is 1. The second-order valence-electron chi connectivity index (χ2n) is 5.04. The summed E-state index contributed by atoms with van der Waals surface area (Å²) in [6, 6.07) is 11.1. The molecule has 0 amide bonds. The first kappa shape index (κ1) is 15.7. The molecule has 0 aliphatic rings. The summed E-state index contributed by atoms with van der Waals surface area (Å²) >= 11 is 1.54. The molecule has 0 aliphatic heterocycles. The lowest BCUT2D eigenvalue weighted by atomic mass is 10.0. The van der Waals surface area contributed by atoms with Gasteiger partial charge in [0.1, 0.15) is 5.60 Å². The molecule has 2 rings (SSSR count). The Hall–Kier alpha value is -1.69. The number of hydrogen-bond donors (Lipinski definition) is 2. The van der Waals surface area contributed by atoms with Gasteiger partial charge in [0.15, 0.2) is 0 Å². The number of aliphatic hydroxyl groups is 1. The number of carbonyl (C=O) groups is 1. The zero-order valence-electron chi connectivity index (χ0n) is 12.1. The van der Waals surface area contributed by atoms with E-state index in [1.807, 2.05) is 29.6 Å². The fourth-order valence-corrected chi connectivity index (χ4v) is 2.79. The molecule has 2 aromatic rings. The third-order valence-corrected chi connectivity index (χ3v) is 4.35. The molecule has 0 saturated heterocycles. The first-order valence-electron chi connectivity index (χ1n) is 6.67. The topological polar surface area (TPSA) is 58.6 Å². The van der Waals surface area contributed by atoms with Crippen molar-refractivity contribution in [1.82, 2.24) is 5.32 Å². The van der Waals surface area contributed by atoms with Crippen LogP contribution in [0.4, 0.5) is 0 Å². The minimum Gasteiger partial charge on any atom is -0.465 e. The average molecular weight is 305 g/mol. The summed E-state index contributed by atoms with van der Waals surface area (Å²) in [5, 5.41) is 15.6. The van der Waals surface area contributed by atoms with Crippen LogP contribution in [0.15, 0.2) is 41.8 Å². The van der Waals surface area contributed by atoms with Gasteiger partial charge >= 0.3 is 5.97 Å². The Balaban J connectivity index is 1.87. The molecule has 2 N–H and O–H groups in total. The van der Waals surface area contributed by atoms with Gasteiger partial charge in [0.25, 0.3) is 0 Å². The van der Waals surface area contributed by atoms with Crippen molar-refractivity contribution >= 4 is 17.3 Å². The SMILES string of the molecule is COC(=O)c1ccc(CNCC(C)(O)c2cccs2)cc1. The van der Waals surface area contributed by atoms with Crippen molar-refractivity contribution in [1.29, 1.82) is 0 Å². The van der Waals surface area contributed by atoms with Crippen molar-refractivity contribution < 1.29 is 14.6 Å². The van der Waals surface area contributed by atoms with E-state index in [-0.39, 0.29) is 5.97 Å². The van der Waals surface area contributed by atoms with Crippen LogP contribution in [0.1, 0.15) is 27.7 Å². The molecular formula is C16H19NO3S. The van der Waals surface area contributed by atoms with Crippen molar-refractivity contribution in [2.45, 2.75) is 19.1 Å². The molecule has 5 heteroatoms. The number of esters is 1. The highest BCUT2D eigenvalue weighted by Gasteiger charge is 2.23. The Bertz CT molecular complexity index is 576. The van der Waals surface area contributed by atoms with Gasteiger partial charge in [0.2, 0.25) is 0 Å². The average Bonchev–Trinajstić information content (AvgIpc) is 3.02. The lowest BCUT2D eigenvalue weighted by Gasteiger charge is -2.22. The maximum absolute atomic E-state index is 11.3. The molecule has 0 bridgehead atoms. The van der Waals surface area contributed by atoms with Gasteiger partial charge in [-0.05, 0) is 36.1 Å². The zero-order chi connectivity index (χ0) is 15.3. The van der Waals surface area contributed by atoms with Crippen LogP contribution < -0.4 is 5.32 Å². The first-order valence-corrected chi connectivity index (χ1v) is 7.55. The minimum absolute atomic E-state index is 0.338. The van der Waals surface area contributed by atoms with E-state index in [1.54, 1.807) is 30.4 Å². The van der Waals surface area contributed by atoms with Gasteiger partial charge in [-0.15, -0.1) is 11.3 Å². The second-order valence-corrected chi connectivity index (χ2v) is 5.99. The van der Waals surface area contributed by atoms with Crippen LogP contribution in [0.3, 0.4) is 0 Å². The van der Waals surface area contributed by atoms with Gasteiger partial charge in [-0.1, -0.05) is 18.2 Å². The van der Waals surface area contributed by atoms with E-state index in [0.717, 1.165) is 10.4 Å². The fraction of sp³-hybridized carbons (Fsp3) is 0.312. The maximum Gasteiger partial charge on any atom is 0.337 e. The van der Waals surface area contributed by atoms with Crippen LogP contribution in [-0.4, -0.2) is 24.7 Å². The van der Waals surface area contributed by atoms with E-state index in [9.17, 15) is 9.90 Å². The summed E-state index contributed by atoms with van der Waals surface area (Å²) in [6.45, 7) is 2.89. The molecule has 4 nitrogen and oxygen atoms in total. The van der Waals surface area contributed by atoms with Crippen LogP contribution in [-0.2, 0) is 16.9 Å². The molecule has 0 saturated carbocycles. The van der Waals surface area contributed by atoms with Gasteiger partial charge in [0, 0.05) is 18.0 Å². The van der Waals surface area contributed by atoms with Gasteiger partial charge in [0.05, 0.1) is 12.7 Å². The predicted molar refractivity (Wildman–Crippen MR) is 83.4 cm³/mol. The summed E-state index contributed by atoms with van der Waals surface area (Å²) in [7, 11) is 1.37. The monoisotopic (exact) mass is 305 g/mol. The number of ether oxygens (including phenoxy) is 1. The second kappa shape index (κ2) is 6.85. The molecule has 1 unspecified atom stereocenters. The summed E-state index contributed by atoms with van der Waals surface area (Å²) < 4.78 is 4.66. The molecule has 1 aromatic carbocycles. The predicted octanol–water partition coefficient (Wildman–Crippen LogP) is 2.53. The Morgan fingerprint density at radius 1 is 1.33 bits per heavy atom. The molecule has 0 radical (unpaired) electrons. The molecule has 0 aliphatic carbocycles. The van der Waals surface area contributed by atoms with Crippen molar-refractivity contribution in [2.24, 2.45) is 0 Å². The van der Waals surface area contributed by atoms with Crippen molar-refractivity contribution in [3.8, 4) is 0 Å². The van der Waals surface area contributed by atoms with Crippen LogP contribution >= 0.6 is 11.3 Å². The number of hydrogen-bond acceptors (Lipinski definition) is 5. The van der Waals surface area contributed by atoms with Gasteiger partial charge < -0.3 is 15.2 Å². The van der Waals surface area contributed by atoms with E-state index >= 15 is 0 Å². The lowest BCUT2D eigenvalue weighted by Crippen LogP contribution is -2.34. The lowest BCUT2D eigenvalue weighted by molar-refractivity contribution is 0.0597. The molecule has 112 valence electrons.